The molecule has 1 aromatic heterocycles. The Labute approximate surface area is 165 Å². The third-order valence-electron chi connectivity index (χ3n) is 5.37. The minimum Gasteiger partial charge on any atom is -0.394 e. The molecule has 2 aliphatic heterocycles. The van der Waals surface area contributed by atoms with Gasteiger partial charge in [0.25, 0.3) is 5.91 Å². The minimum atomic E-state index is -0.461. The highest BCUT2D eigenvalue weighted by Gasteiger charge is 2.32. The molecule has 2 fully saturated rings. The molecular formula is C20H29N3O5. The van der Waals surface area contributed by atoms with Crippen LogP contribution in [-0.2, 0) is 14.3 Å². The van der Waals surface area contributed by atoms with Crippen molar-refractivity contribution >= 4 is 11.8 Å². The molecule has 8 heteroatoms. The van der Waals surface area contributed by atoms with Gasteiger partial charge in [-0.2, -0.15) is 0 Å². The number of ether oxygens (including phenoxy) is 2. The molecule has 0 unspecified atom stereocenters. The van der Waals surface area contributed by atoms with Crippen molar-refractivity contribution in [3.05, 3.63) is 30.1 Å². The maximum absolute atomic E-state index is 12.3. The van der Waals surface area contributed by atoms with Gasteiger partial charge in [0.15, 0.2) is 0 Å². The summed E-state index contributed by atoms with van der Waals surface area (Å²) in [5, 5.41) is 15.6. The molecule has 3 N–H and O–H groups in total. The number of nitrogens with one attached hydrogen (secondary N) is 2. The van der Waals surface area contributed by atoms with E-state index >= 15 is 0 Å². The zero-order chi connectivity index (χ0) is 19.8. The summed E-state index contributed by atoms with van der Waals surface area (Å²) in [4.78, 5) is 28.5. The van der Waals surface area contributed by atoms with Crippen LogP contribution in [0.5, 0.6) is 0 Å². The fourth-order valence-corrected chi connectivity index (χ4v) is 3.71. The highest BCUT2D eigenvalue weighted by atomic mass is 16.5. The van der Waals surface area contributed by atoms with Crippen molar-refractivity contribution in [2.24, 2.45) is 5.92 Å². The summed E-state index contributed by atoms with van der Waals surface area (Å²) in [7, 11) is 0. The predicted molar refractivity (Wildman–Crippen MR) is 102 cm³/mol. The molecule has 3 atom stereocenters. The SMILES string of the molecule is O=C(N[C@@H]1CC[C@@H](CCNC(=O)C2CCOCC2)O[C@@H]1CO)c1ccccn1. The number of carbonyl (C=O) groups is 2. The third-order valence-corrected chi connectivity index (χ3v) is 5.37. The van der Waals surface area contributed by atoms with E-state index in [0.29, 0.717) is 38.3 Å². The zero-order valence-electron chi connectivity index (χ0n) is 16.0. The summed E-state index contributed by atoms with van der Waals surface area (Å²) in [6, 6.07) is 4.90. The third kappa shape index (κ3) is 5.73. The Balaban J connectivity index is 1.41. The Hall–Kier alpha value is -2.03. The van der Waals surface area contributed by atoms with Crippen molar-refractivity contribution in [2.45, 2.75) is 50.4 Å². The van der Waals surface area contributed by atoms with E-state index in [1.165, 1.54) is 0 Å². The fourth-order valence-electron chi connectivity index (χ4n) is 3.71. The standard InChI is InChI=1S/C20H29N3O5/c24-13-18-16(23-20(26)17-3-1-2-9-21-17)5-4-15(28-18)6-10-22-19(25)14-7-11-27-12-8-14/h1-3,9,14-16,18,24H,4-8,10-13H2,(H,22,25)(H,23,26)/t15-,16+,18+/m0/s1. The van der Waals surface area contributed by atoms with Crippen molar-refractivity contribution in [3.8, 4) is 0 Å². The molecule has 2 amide bonds. The van der Waals surface area contributed by atoms with Gasteiger partial charge in [0.1, 0.15) is 11.8 Å². The molecule has 0 saturated carbocycles. The van der Waals surface area contributed by atoms with E-state index in [4.69, 9.17) is 9.47 Å². The Morgan fingerprint density at radius 2 is 2.00 bits per heavy atom. The number of carbonyl (C=O) groups excluding carboxylic acids is 2. The van der Waals surface area contributed by atoms with Gasteiger partial charge in [-0.15, -0.1) is 0 Å². The summed E-state index contributed by atoms with van der Waals surface area (Å²) in [6.07, 6.45) is 4.77. The minimum absolute atomic E-state index is 0.0393. The van der Waals surface area contributed by atoms with Crippen LogP contribution in [0.2, 0.25) is 0 Å². The van der Waals surface area contributed by atoms with Crippen LogP contribution >= 0.6 is 0 Å². The van der Waals surface area contributed by atoms with Crippen LogP contribution in [0.25, 0.3) is 0 Å². The van der Waals surface area contributed by atoms with Crippen LogP contribution in [0.1, 0.15) is 42.6 Å². The molecule has 0 aliphatic carbocycles. The van der Waals surface area contributed by atoms with Gasteiger partial charge in [-0.25, -0.2) is 0 Å². The second-order valence-corrected chi connectivity index (χ2v) is 7.32. The van der Waals surface area contributed by atoms with Crippen LogP contribution < -0.4 is 10.6 Å². The van der Waals surface area contributed by atoms with Gasteiger partial charge in [-0.05, 0) is 44.2 Å². The van der Waals surface area contributed by atoms with E-state index in [0.717, 1.165) is 19.3 Å². The summed E-state index contributed by atoms with van der Waals surface area (Å²) in [5.74, 6) is -0.148. The molecule has 1 aromatic rings. The van der Waals surface area contributed by atoms with Crippen LogP contribution in [0.4, 0.5) is 0 Å². The second kappa shape index (κ2) is 10.5. The average Bonchev–Trinajstić information content (AvgIpc) is 2.75. The van der Waals surface area contributed by atoms with Crippen molar-refractivity contribution in [3.63, 3.8) is 0 Å². The Bertz CT molecular complexity index is 636. The van der Waals surface area contributed by atoms with Crippen LogP contribution in [-0.4, -0.2) is 66.5 Å². The molecular weight excluding hydrogens is 362 g/mol. The zero-order valence-corrected chi connectivity index (χ0v) is 16.0. The van der Waals surface area contributed by atoms with Gasteiger partial charge in [-0.1, -0.05) is 6.07 Å². The van der Waals surface area contributed by atoms with Crippen LogP contribution in [0.15, 0.2) is 24.4 Å². The summed E-state index contributed by atoms with van der Waals surface area (Å²) in [5.41, 5.74) is 0.345. The Morgan fingerprint density at radius 3 is 2.71 bits per heavy atom. The summed E-state index contributed by atoms with van der Waals surface area (Å²) in [6.45, 7) is 1.67. The van der Waals surface area contributed by atoms with Crippen molar-refractivity contribution in [1.82, 2.24) is 15.6 Å². The first kappa shape index (κ1) is 20.7. The number of aromatic nitrogens is 1. The molecule has 0 bridgehead atoms. The summed E-state index contributed by atoms with van der Waals surface area (Å²) >= 11 is 0. The number of nitrogens with zero attached hydrogens (tertiary/aromatic N) is 1. The van der Waals surface area contributed by atoms with E-state index in [9.17, 15) is 14.7 Å². The quantitative estimate of drug-likeness (QED) is 0.630. The number of aliphatic hydroxyl groups is 1. The van der Waals surface area contributed by atoms with Crippen molar-refractivity contribution in [2.75, 3.05) is 26.4 Å². The van der Waals surface area contributed by atoms with Crippen molar-refractivity contribution < 1.29 is 24.2 Å². The molecule has 2 aliphatic rings. The van der Waals surface area contributed by atoms with E-state index in [1.807, 2.05) is 0 Å². The summed E-state index contributed by atoms with van der Waals surface area (Å²) < 4.78 is 11.2. The Morgan fingerprint density at radius 1 is 1.18 bits per heavy atom. The first-order chi connectivity index (χ1) is 13.7. The highest BCUT2D eigenvalue weighted by Crippen LogP contribution is 2.22. The van der Waals surface area contributed by atoms with Gasteiger partial charge in [0.05, 0.1) is 18.8 Å². The topological polar surface area (TPSA) is 110 Å². The lowest BCUT2D eigenvalue weighted by molar-refractivity contribution is -0.128. The maximum Gasteiger partial charge on any atom is 0.270 e. The van der Waals surface area contributed by atoms with Gasteiger partial charge in [0, 0.05) is 31.9 Å². The lowest BCUT2D eigenvalue weighted by Crippen LogP contribution is -2.51. The molecule has 3 rings (SSSR count). The molecule has 154 valence electrons. The smallest absolute Gasteiger partial charge is 0.270 e. The molecule has 0 spiro atoms. The molecule has 0 aromatic carbocycles. The lowest BCUT2D eigenvalue weighted by atomic mass is 9.96. The van der Waals surface area contributed by atoms with Gasteiger partial charge in [-0.3, -0.25) is 14.6 Å². The Kier molecular flexibility index (Phi) is 7.76. The first-order valence-electron chi connectivity index (χ1n) is 10.0. The number of hydrogen-bond acceptors (Lipinski definition) is 6. The van der Waals surface area contributed by atoms with Crippen LogP contribution in [0.3, 0.4) is 0 Å². The van der Waals surface area contributed by atoms with Gasteiger partial charge < -0.3 is 25.2 Å². The molecule has 3 heterocycles. The number of hydrogen-bond donors (Lipinski definition) is 3. The predicted octanol–water partition coefficient (Wildman–Crippen LogP) is 0.653. The second-order valence-electron chi connectivity index (χ2n) is 7.32. The van der Waals surface area contributed by atoms with E-state index in [1.54, 1.807) is 24.4 Å². The average molecular weight is 391 g/mol. The molecule has 28 heavy (non-hydrogen) atoms. The van der Waals surface area contributed by atoms with E-state index in [-0.39, 0.29) is 36.5 Å². The lowest BCUT2D eigenvalue weighted by Gasteiger charge is -2.36. The number of pyridine rings is 1. The number of rotatable bonds is 7. The van der Waals surface area contributed by atoms with E-state index in [2.05, 4.69) is 15.6 Å². The number of aliphatic hydroxyl groups excluding tert-OH is 1. The normalized spacial score (nSPS) is 25.8. The molecule has 2 saturated heterocycles. The number of amides is 2. The van der Waals surface area contributed by atoms with Crippen molar-refractivity contribution in [1.29, 1.82) is 0 Å². The van der Waals surface area contributed by atoms with E-state index < -0.39 is 6.10 Å². The molecule has 8 nitrogen and oxygen atoms in total. The fraction of sp³-hybridized carbons (Fsp3) is 0.650. The highest BCUT2D eigenvalue weighted by molar-refractivity contribution is 5.92. The maximum atomic E-state index is 12.3. The van der Waals surface area contributed by atoms with Gasteiger partial charge >= 0.3 is 0 Å². The largest absolute Gasteiger partial charge is 0.394 e. The van der Waals surface area contributed by atoms with Crippen LogP contribution in [0, 0.1) is 5.92 Å². The molecule has 0 radical (unpaired) electrons. The van der Waals surface area contributed by atoms with Gasteiger partial charge in [0.2, 0.25) is 5.91 Å². The monoisotopic (exact) mass is 391 g/mol. The first-order valence-corrected chi connectivity index (χ1v) is 10.0.